The van der Waals surface area contributed by atoms with E-state index in [1.165, 1.54) is 16.4 Å². The van der Waals surface area contributed by atoms with Crippen LogP contribution in [0.2, 0.25) is 0 Å². The van der Waals surface area contributed by atoms with Gasteiger partial charge in [0.1, 0.15) is 6.07 Å². The SMILES string of the molecule is Cc1ccc(S(=O)(=O)n2ccc3c(N4CCC5(CCN5)C4)c(C#N)cnc32)cc1. The Morgan fingerprint density at radius 3 is 2.59 bits per heavy atom. The standard InChI is InChI=1S/C21H21N5O2S/c1-15-2-4-17(5-3-15)29(27,28)26-10-6-18-19(16(12-22)13-23-20(18)26)25-11-8-21(14-25)7-9-24-21/h2-6,10,13,24H,7-9,11,14H2,1H3. The van der Waals surface area contributed by atoms with Gasteiger partial charge in [-0.05, 0) is 44.5 Å². The largest absolute Gasteiger partial charge is 0.368 e. The molecule has 3 aromatic rings. The van der Waals surface area contributed by atoms with E-state index >= 15 is 0 Å². The molecule has 2 aliphatic heterocycles. The number of nitrogens with one attached hydrogen (secondary N) is 1. The highest BCUT2D eigenvalue weighted by Crippen LogP contribution is 2.38. The number of rotatable bonds is 3. The van der Waals surface area contributed by atoms with E-state index in [4.69, 9.17) is 0 Å². The summed E-state index contributed by atoms with van der Waals surface area (Å²) in [7, 11) is -3.77. The zero-order chi connectivity index (χ0) is 20.2. The van der Waals surface area contributed by atoms with Gasteiger partial charge in [-0.15, -0.1) is 0 Å². The number of anilines is 1. The van der Waals surface area contributed by atoms with Crippen molar-refractivity contribution < 1.29 is 8.42 Å². The summed E-state index contributed by atoms with van der Waals surface area (Å²) in [5.41, 5.74) is 2.72. The zero-order valence-corrected chi connectivity index (χ0v) is 16.9. The number of pyridine rings is 1. The molecule has 4 heterocycles. The number of nitrogens with zero attached hydrogens (tertiary/aromatic N) is 4. The van der Waals surface area contributed by atoms with E-state index in [0.717, 1.165) is 43.7 Å². The van der Waals surface area contributed by atoms with Gasteiger partial charge in [-0.2, -0.15) is 5.26 Å². The van der Waals surface area contributed by atoms with Crippen LogP contribution in [0.4, 0.5) is 5.69 Å². The summed E-state index contributed by atoms with van der Waals surface area (Å²) in [6, 6.07) is 10.8. The molecule has 7 nitrogen and oxygen atoms in total. The van der Waals surface area contributed by atoms with Crippen molar-refractivity contribution in [2.24, 2.45) is 0 Å². The first-order valence-corrected chi connectivity index (χ1v) is 11.1. The summed E-state index contributed by atoms with van der Waals surface area (Å²) >= 11 is 0. The fourth-order valence-corrected chi connectivity index (χ4v) is 5.68. The van der Waals surface area contributed by atoms with Gasteiger partial charge in [-0.25, -0.2) is 17.4 Å². The van der Waals surface area contributed by atoms with Gasteiger partial charge >= 0.3 is 0 Å². The van der Waals surface area contributed by atoms with Crippen LogP contribution in [0.5, 0.6) is 0 Å². The van der Waals surface area contributed by atoms with Crippen molar-refractivity contribution in [3.63, 3.8) is 0 Å². The number of hydrogen-bond acceptors (Lipinski definition) is 6. The monoisotopic (exact) mass is 407 g/mol. The van der Waals surface area contributed by atoms with Gasteiger partial charge in [-0.1, -0.05) is 17.7 Å². The summed E-state index contributed by atoms with van der Waals surface area (Å²) < 4.78 is 27.6. The number of nitriles is 1. The molecular formula is C21H21N5O2S. The third-order valence-electron chi connectivity index (χ3n) is 6.12. The maximum absolute atomic E-state index is 13.2. The molecule has 1 aromatic carbocycles. The molecule has 1 N–H and O–H groups in total. The molecule has 2 saturated heterocycles. The Bertz CT molecular complexity index is 1250. The Morgan fingerprint density at radius 1 is 1.21 bits per heavy atom. The van der Waals surface area contributed by atoms with E-state index in [2.05, 4.69) is 21.3 Å². The minimum absolute atomic E-state index is 0.124. The first-order chi connectivity index (χ1) is 13.9. The summed E-state index contributed by atoms with van der Waals surface area (Å²) in [5, 5.41) is 13.9. The van der Waals surface area contributed by atoms with E-state index in [9.17, 15) is 13.7 Å². The van der Waals surface area contributed by atoms with Crippen molar-refractivity contribution >= 4 is 26.7 Å². The fourth-order valence-electron chi connectivity index (χ4n) is 4.38. The molecule has 5 rings (SSSR count). The van der Waals surface area contributed by atoms with Crippen LogP contribution in [-0.2, 0) is 10.0 Å². The first kappa shape index (κ1) is 18.2. The van der Waals surface area contributed by atoms with Gasteiger partial charge < -0.3 is 10.2 Å². The Kier molecular flexibility index (Phi) is 3.95. The zero-order valence-electron chi connectivity index (χ0n) is 16.1. The highest BCUT2D eigenvalue weighted by atomic mass is 32.2. The van der Waals surface area contributed by atoms with Crippen molar-refractivity contribution in [1.29, 1.82) is 5.26 Å². The summed E-state index contributed by atoms with van der Waals surface area (Å²) in [5.74, 6) is 0. The Balaban J connectivity index is 1.64. The van der Waals surface area contributed by atoms with Crippen molar-refractivity contribution in [3.8, 4) is 6.07 Å². The Hall–Kier alpha value is -2.89. The highest BCUT2D eigenvalue weighted by molar-refractivity contribution is 7.90. The van der Waals surface area contributed by atoms with Crippen LogP contribution in [-0.4, -0.2) is 42.5 Å². The van der Waals surface area contributed by atoms with E-state index in [0.29, 0.717) is 16.6 Å². The van der Waals surface area contributed by atoms with E-state index in [1.54, 1.807) is 30.3 Å². The lowest BCUT2D eigenvalue weighted by molar-refractivity contribution is 0.235. The van der Waals surface area contributed by atoms with Crippen LogP contribution < -0.4 is 10.2 Å². The highest BCUT2D eigenvalue weighted by Gasteiger charge is 2.43. The molecule has 0 aliphatic carbocycles. The normalized spacial score (nSPS) is 21.4. The number of fused-ring (bicyclic) bond motifs is 1. The van der Waals surface area contributed by atoms with E-state index in [1.807, 2.05) is 6.92 Å². The topological polar surface area (TPSA) is 91.0 Å². The Morgan fingerprint density at radius 2 is 1.97 bits per heavy atom. The molecule has 0 radical (unpaired) electrons. The van der Waals surface area contributed by atoms with Gasteiger partial charge in [0, 0.05) is 36.4 Å². The maximum Gasteiger partial charge on any atom is 0.269 e. The third kappa shape index (κ3) is 2.73. The van der Waals surface area contributed by atoms with Gasteiger partial charge in [0.05, 0.1) is 16.1 Å². The molecule has 2 fully saturated rings. The lowest BCUT2D eigenvalue weighted by atomic mass is 9.87. The summed E-state index contributed by atoms with van der Waals surface area (Å²) in [4.78, 5) is 6.75. The predicted molar refractivity (Wildman–Crippen MR) is 110 cm³/mol. The number of benzene rings is 1. The van der Waals surface area contributed by atoms with Crippen LogP contribution in [0.1, 0.15) is 24.0 Å². The molecule has 29 heavy (non-hydrogen) atoms. The van der Waals surface area contributed by atoms with Gasteiger partial charge in [-0.3, -0.25) is 0 Å². The van der Waals surface area contributed by atoms with Crippen LogP contribution in [0.15, 0.2) is 47.6 Å². The molecular weight excluding hydrogens is 386 g/mol. The van der Waals surface area contributed by atoms with Crippen molar-refractivity contribution in [1.82, 2.24) is 14.3 Å². The van der Waals surface area contributed by atoms with Crippen LogP contribution in [0.25, 0.3) is 11.0 Å². The lowest BCUT2D eigenvalue weighted by Crippen LogP contribution is -2.58. The second kappa shape index (κ2) is 6.31. The van der Waals surface area contributed by atoms with Gasteiger partial charge in [0.25, 0.3) is 10.0 Å². The molecule has 8 heteroatoms. The molecule has 0 saturated carbocycles. The quantitative estimate of drug-likeness (QED) is 0.717. The molecule has 1 unspecified atom stereocenters. The molecule has 148 valence electrons. The average molecular weight is 407 g/mol. The molecule has 1 atom stereocenters. The number of aryl methyl sites for hydroxylation is 1. The molecule has 2 aromatic heterocycles. The minimum Gasteiger partial charge on any atom is -0.368 e. The van der Waals surface area contributed by atoms with Crippen molar-refractivity contribution in [2.45, 2.75) is 30.2 Å². The third-order valence-corrected chi connectivity index (χ3v) is 7.80. The van der Waals surface area contributed by atoms with E-state index in [-0.39, 0.29) is 10.4 Å². The van der Waals surface area contributed by atoms with Gasteiger partial charge in [0.2, 0.25) is 0 Å². The Labute approximate surface area is 169 Å². The number of aromatic nitrogens is 2. The van der Waals surface area contributed by atoms with Gasteiger partial charge in [0.15, 0.2) is 5.65 Å². The smallest absolute Gasteiger partial charge is 0.269 e. The molecule has 1 spiro atoms. The van der Waals surface area contributed by atoms with Crippen LogP contribution in [0, 0.1) is 18.3 Å². The molecule has 2 aliphatic rings. The van der Waals surface area contributed by atoms with E-state index < -0.39 is 10.0 Å². The van der Waals surface area contributed by atoms with Crippen LogP contribution >= 0.6 is 0 Å². The van der Waals surface area contributed by atoms with Crippen molar-refractivity contribution in [3.05, 3.63) is 53.9 Å². The summed E-state index contributed by atoms with van der Waals surface area (Å²) in [6.07, 6.45) is 5.16. The second-order valence-electron chi connectivity index (χ2n) is 7.93. The average Bonchev–Trinajstić information content (AvgIpc) is 3.32. The molecule has 0 bridgehead atoms. The van der Waals surface area contributed by atoms with Crippen molar-refractivity contribution in [2.75, 3.05) is 24.5 Å². The summed E-state index contributed by atoms with van der Waals surface area (Å²) in [6.45, 7) is 4.59. The number of hydrogen-bond donors (Lipinski definition) is 1. The second-order valence-corrected chi connectivity index (χ2v) is 9.74. The van der Waals surface area contributed by atoms with Crippen LogP contribution in [0.3, 0.4) is 0 Å². The molecule has 0 amide bonds. The fraction of sp³-hybridized carbons (Fsp3) is 0.333. The lowest BCUT2D eigenvalue weighted by Gasteiger charge is -2.40. The minimum atomic E-state index is -3.77. The maximum atomic E-state index is 13.2. The first-order valence-electron chi connectivity index (χ1n) is 9.66. The predicted octanol–water partition coefficient (Wildman–Crippen LogP) is 2.40.